The molecule has 1 spiro atoms. The number of nitrogens with one attached hydrogen (secondary N) is 2. The number of H-pyrrole nitrogens is 1. The third-order valence-corrected chi connectivity index (χ3v) is 8.35. The van der Waals surface area contributed by atoms with Gasteiger partial charge in [0.1, 0.15) is 6.61 Å². The molecule has 2 amide bonds. The molecule has 0 bridgehead atoms. The van der Waals surface area contributed by atoms with Crippen molar-refractivity contribution in [2.24, 2.45) is 11.8 Å². The Morgan fingerprint density at radius 3 is 2.63 bits per heavy atom. The average molecular weight is 536 g/mol. The fraction of sp³-hybridized carbons (Fsp3) is 0.615. The van der Waals surface area contributed by atoms with E-state index in [0.29, 0.717) is 37.9 Å². The molecule has 2 saturated carbocycles. The maximum Gasteiger partial charge on any atom is 0.274 e. The van der Waals surface area contributed by atoms with Crippen LogP contribution in [0.4, 0.5) is 13.2 Å². The molecule has 0 unspecified atom stereocenters. The number of rotatable bonds is 7. The van der Waals surface area contributed by atoms with Gasteiger partial charge in [0.25, 0.3) is 11.8 Å². The van der Waals surface area contributed by atoms with Crippen molar-refractivity contribution in [3.05, 3.63) is 29.8 Å². The lowest BCUT2D eigenvalue weighted by atomic mass is 9.81. The second-order valence-corrected chi connectivity index (χ2v) is 10.7. The molecule has 38 heavy (non-hydrogen) atoms. The number of piperidine rings is 1. The number of methoxy groups -OCH3 is 1. The van der Waals surface area contributed by atoms with E-state index in [1.54, 1.807) is 4.90 Å². The Bertz CT molecular complexity index is 1190. The number of hydrogen-bond acceptors (Lipinski definition) is 6. The summed E-state index contributed by atoms with van der Waals surface area (Å²) in [5.41, 5.74) is 0.287. The van der Waals surface area contributed by atoms with Crippen LogP contribution in [0.25, 0.3) is 11.3 Å². The van der Waals surface area contributed by atoms with Crippen LogP contribution in [0.5, 0.6) is 5.88 Å². The van der Waals surface area contributed by atoms with Crippen LogP contribution in [0, 0.1) is 17.7 Å². The first-order valence-electron chi connectivity index (χ1n) is 13.0. The molecule has 1 atom stereocenters. The Balaban J connectivity index is 1.19. The molecule has 1 saturated heterocycles. The van der Waals surface area contributed by atoms with Crippen LogP contribution in [0.1, 0.15) is 61.9 Å². The largest absolute Gasteiger partial charge is 0.481 e. The molecule has 2 aromatic heterocycles. The van der Waals surface area contributed by atoms with Crippen LogP contribution in [0.3, 0.4) is 0 Å². The van der Waals surface area contributed by atoms with Crippen molar-refractivity contribution in [2.45, 2.75) is 68.9 Å². The fourth-order valence-electron chi connectivity index (χ4n) is 5.91. The van der Waals surface area contributed by atoms with Gasteiger partial charge in [-0.05, 0) is 57.4 Å². The first kappa shape index (κ1) is 26.5. The molecular formula is C26H32F3N5O4. The van der Waals surface area contributed by atoms with Crippen molar-refractivity contribution in [1.29, 1.82) is 0 Å². The number of aromatic nitrogens is 3. The van der Waals surface area contributed by atoms with Crippen LogP contribution in [0.2, 0.25) is 0 Å². The third-order valence-electron chi connectivity index (χ3n) is 8.35. The number of pyridine rings is 1. The van der Waals surface area contributed by atoms with Crippen LogP contribution in [0.15, 0.2) is 18.3 Å². The Kier molecular flexibility index (Phi) is 7.10. The molecule has 12 heteroatoms. The van der Waals surface area contributed by atoms with Crippen LogP contribution in [-0.2, 0) is 4.79 Å². The summed E-state index contributed by atoms with van der Waals surface area (Å²) < 4.78 is 46.9. The minimum Gasteiger partial charge on any atom is -0.481 e. The van der Waals surface area contributed by atoms with Crippen molar-refractivity contribution in [1.82, 2.24) is 25.4 Å². The van der Waals surface area contributed by atoms with E-state index in [4.69, 9.17) is 9.84 Å². The third kappa shape index (κ3) is 5.10. The molecule has 3 fully saturated rings. The summed E-state index contributed by atoms with van der Waals surface area (Å²) in [4.78, 5) is 32.0. The minimum atomic E-state index is -3.08. The van der Waals surface area contributed by atoms with Crippen molar-refractivity contribution in [2.75, 3.05) is 20.3 Å². The molecule has 3 heterocycles. The fourth-order valence-corrected chi connectivity index (χ4v) is 5.91. The quantitative estimate of drug-likeness (QED) is 0.501. The molecule has 5 rings (SSSR count). The Morgan fingerprint density at radius 1 is 1.24 bits per heavy atom. The summed E-state index contributed by atoms with van der Waals surface area (Å²) >= 11 is 0. The average Bonchev–Trinajstić information content (AvgIpc) is 3.50. The number of aliphatic hydroxyl groups excluding tert-OH is 1. The van der Waals surface area contributed by atoms with Gasteiger partial charge in [-0.15, -0.1) is 0 Å². The normalized spacial score (nSPS) is 24.8. The van der Waals surface area contributed by atoms with E-state index < -0.39 is 29.8 Å². The molecule has 0 radical (unpaired) electrons. The number of nitrogens with zero attached hydrogens (tertiary/aromatic N) is 3. The highest BCUT2D eigenvalue weighted by Gasteiger charge is 2.55. The Morgan fingerprint density at radius 2 is 1.97 bits per heavy atom. The van der Waals surface area contributed by atoms with Gasteiger partial charge in [0.15, 0.2) is 11.5 Å². The van der Waals surface area contributed by atoms with Crippen LogP contribution >= 0.6 is 0 Å². The number of carbonyl (C=O) groups is 2. The second-order valence-electron chi connectivity index (χ2n) is 10.7. The highest BCUT2D eigenvalue weighted by molar-refractivity contribution is 5.94. The molecule has 206 valence electrons. The zero-order valence-electron chi connectivity index (χ0n) is 21.2. The lowest BCUT2D eigenvalue weighted by Crippen LogP contribution is -2.52. The standard InChI is InChI=1S/C26H32F3N5O4/c1-38-22-10-18(19(27)13-30-22)20-11-21(33-32-20)24(37)34-9-6-15(12-25(34)7-8-25)23(36)31-17-4-2-16(3-5-17)26(28,29)14-35/h10-11,13,15-17,35H,2-9,12,14H2,1H3,(H,31,36)(H,32,33)/t15-,16?,17?/m0/s1. The molecule has 3 N–H and O–H groups in total. The number of alkyl halides is 2. The maximum absolute atomic E-state index is 14.3. The van der Waals surface area contributed by atoms with Crippen LogP contribution < -0.4 is 10.1 Å². The van der Waals surface area contributed by atoms with E-state index in [1.165, 1.54) is 19.2 Å². The van der Waals surface area contributed by atoms with Crippen LogP contribution in [-0.4, -0.2) is 74.8 Å². The van der Waals surface area contributed by atoms with E-state index in [-0.39, 0.29) is 53.8 Å². The summed E-state index contributed by atoms with van der Waals surface area (Å²) in [5.74, 6) is -4.90. The van der Waals surface area contributed by atoms with Gasteiger partial charge in [-0.25, -0.2) is 18.2 Å². The van der Waals surface area contributed by atoms with Gasteiger partial charge in [0, 0.05) is 41.6 Å². The maximum atomic E-state index is 14.3. The lowest BCUT2D eigenvalue weighted by Gasteiger charge is -2.40. The van der Waals surface area contributed by atoms with Gasteiger partial charge < -0.3 is 20.1 Å². The monoisotopic (exact) mass is 535 g/mol. The zero-order chi connectivity index (χ0) is 27.1. The molecule has 9 nitrogen and oxygen atoms in total. The topological polar surface area (TPSA) is 120 Å². The summed E-state index contributed by atoms with van der Waals surface area (Å²) in [6, 6.07) is 2.78. The molecule has 2 aliphatic carbocycles. The van der Waals surface area contributed by atoms with E-state index in [1.807, 2.05) is 0 Å². The van der Waals surface area contributed by atoms with E-state index in [9.17, 15) is 22.8 Å². The molecule has 1 aliphatic heterocycles. The van der Waals surface area contributed by atoms with Gasteiger partial charge in [0.2, 0.25) is 11.8 Å². The summed E-state index contributed by atoms with van der Waals surface area (Å²) in [6.07, 6.45) is 5.09. The van der Waals surface area contributed by atoms with E-state index >= 15 is 0 Å². The van der Waals surface area contributed by atoms with Gasteiger partial charge in [-0.3, -0.25) is 14.7 Å². The number of halogens is 3. The van der Waals surface area contributed by atoms with Gasteiger partial charge in [-0.1, -0.05) is 0 Å². The number of likely N-dealkylation sites (tertiary alicyclic amines) is 1. The smallest absolute Gasteiger partial charge is 0.274 e. The summed E-state index contributed by atoms with van der Waals surface area (Å²) in [7, 11) is 1.43. The summed E-state index contributed by atoms with van der Waals surface area (Å²) in [6.45, 7) is -0.755. The first-order valence-corrected chi connectivity index (χ1v) is 13.0. The molecule has 0 aromatic carbocycles. The first-order chi connectivity index (χ1) is 18.2. The van der Waals surface area contributed by atoms with Crippen molar-refractivity contribution in [3.8, 4) is 17.1 Å². The zero-order valence-corrected chi connectivity index (χ0v) is 21.2. The number of amides is 2. The van der Waals surface area contributed by atoms with Crippen molar-refractivity contribution in [3.63, 3.8) is 0 Å². The van der Waals surface area contributed by atoms with Crippen molar-refractivity contribution >= 4 is 11.8 Å². The predicted molar refractivity (Wildman–Crippen MR) is 130 cm³/mol. The predicted octanol–water partition coefficient (Wildman–Crippen LogP) is 3.31. The Hall–Kier alpha value is -3.15. The van der Waals surface area contributed by atoms with E-state index in [0.717, 1.165) is 19.0 Å². The number of aliphatic hydroxyl groups is 1. The van der Waals surface area contributed by atoms with Gasteiger partial charge >= 0.3 is 0 Å². The number of carbonyl (C=O) groups excluding carboxylic acids is 2. The van der Waals surface area contributed by atoms with Gasteiger partial charge in [0.05, 0.1) is 19.0 Å². The highest BCUT2D eigenvalue weighted by atomic mass is 19.3. The van der Waals surface area contributed by atoms with E-state index in [2.05, 4.69) is 20.5 Å². The molecule has 2 aromatic rings. The number of aromatic amines is 1. The number of hydrogen-bond donors (Lipinski definition) is 3. The minimum absolute atomic E-state index is 0.0927. The SMILES string of the molecule is COc1cc(-c2cc(C(=O)N3CC[C@H](C(=O)NC4CCC(C(F)(F)CO)CC4)CC34CC4)n[nH]2)c(F)cn1. The highest BCUT2D eigenvalue weighted by Crippen LogP contribution is 2.50. The Labute approximate surface area is 218 Å². The second kappa shape index (κ2) is 10.2. The van der Waals surface area contributed by atoms with Gasteiger partial charge in [-0.2, -0.15) is 5.10 Å². The van der Waals surface area contributed by atoms with Crippen molar-refractivity contribution < 1.29 is 32.6 Å². The summed E-state index contributed by atoms with van der Waals surface area (Å²) in [5, 5.41) is 18.8. The lowest BCUT2D eigenvalue weighted by molar-refractivity contribution is -0.129. The molecule has 3 aliphatic rings. The number of ether oxygens (including phenoxy) is 1. The molecular weight excluding hydrogens is 503 g/mol.